The van der Waals surface area contributed by atoms with E-state index in [4.69, 9.17) is 0 Å². The van der Waals surface area contributed by atoms with Crippen molar-refractivity contribution in [1.82, 2.24) is 14.9 Å². The average Bonchev–Trinajstić information content (AvgIpc) is 2.75. The van der Waals surface area contributed by atoms with Gasteiger partial charge < -0.3 is 15.0 Å². The predicted molar refractivity (Wildman–Crippen MR) is 71.3 cm³/mol. The van der Waals surface area contributed by atoms with Gasteiger partial charge in [0.15, 0.2) is 0 Å². The summed E-state index contributed by atoms with van der Waals surface area (Å²) in [7, 11) is 1.99. The highest BCUT2D eigenvalue weighted by atomic mass is 16.3. The van der Waals surface area contributed by atoms with Crippen LogP contribution in [0.3, 0.4) is 0 Å². The molecule has 0 aliphatic rings. The SMILES string of the molecule is CC(Cc1ccc(O)cc1)NCc1nccn1C. The van der Waals surface area contributed by atoms with Crippen LogP contribution in [0.1, 0.15) is 18.3 Å². The Bertz CT molecular complexity index is 490. The number of rotatable bonds is 5. The van der Waals surface area contributed by atoms with E-state index in [9.17, 15) is 5.11 Å². The normalized spacial score (nSPS) is 12.6. The topological polar surface area (TPSA) is 50.1 Å². The summed E-state index contributed by atoms with van der Waals surface area (Å²) < 4.78 is 2.01. The van der Waals surface area contributed by atoms with E-state index < -0.39 is 0 Å². The lowest BCUT2D eigenvalue weighted by Gasteiger charge is -2.13. The third-order valence-corrected chi connectivity index (χ3v) is 3.01. The quantitative estimate of drug-likeness (QED) is 0.845. The van der Waals surface area contributed by atoms with Gasteiger partial charge in [-0.3, -0.25) is 0 Å². The summed E-state index contributed by atoms with van der Waals surface area (Å²) in [4.78, 5) is 4.27. The van der Waals surface area contributed by atoms with Crippen molar-refractivity contribution in [3.63, 3.8) is 0 Å². The average molecular weight is 245 g/mol. The minimum Gasteiger partial charge on any atom is -0.508 e. The van der Waals surface area contributed by atoms with Gasteiger partial charge in [0.05, 0.1) is 6.54 Å². The molecule has 18 heavy (non-hydrogen) atoms. The number of benzene rings is 1. The second kappa shape index (κ2) is 5.69. The minimum absolute atomic E-state index is 0.312. The molecule has 0 bridgehead atoms. The smallest absolute Gasteiger partial charge is 0.122 e. The molecule has 0 radical (unpaired) electrons. The molecule has 1 aromatic heterocycles. The first-order chi connectivity index (χ1) is 8.65. The summed E-state index contributed by atoms with van der Waals surface area (Å²) >= 11 is 0. The van der Waals surface area contributed by atoms with Gasteiger partial charge in [0.1, 0.15) is 11.6 Å². The third kappa shape index (κ3) is 3.34. The summed E-state index contributed by atoms with van der Waals surface area (Å²) in [6.07, 6.45) is 4.69. The number of nitrogens with zero attached hydrogens (tertiary/aromatic N) is 2. The Hall–Kier alpha value is -1.81. The number of aryl methyl sites for hydroxylation is 1. The Kier molecular flexibility index (Phi) is 3.99. The molecule has 0 saturated carbocycles. The van der Waals surface area contributed by atoms with Crippen LogP contribution in [0.15, 0.2) is 36.7 Å². The number of aromatic hydroxyl groups is 1. The molecule has 4 nitrogen and oxygen atoms in total. The minimum atomic E-state index is 0.312. The number of phenolic OH excluding ortho intramolecular Hbond substituents is 1. The van der Waals surface area contributed by atoms with E-state index in [0.717, 1.165) is 18.8 Å². The Morgan fingerprint density at radius 2 is 2.06 bits per heavy atom. The molecule has 2 aromatic rings. The number of phenols is 1. The van der Waals surface area contributed by atoms with Crippen molar-refractivity contribution in [2.24, 2.45) is 7.05 Å². The Morgan fingerprint density at radius 1 is 1.33 bits per heavy atom. The molecular weight excluding hydrogens is 226 g/mol. The zero-order valence-corrected chi connectivity index (χ0v) is 10.8. The van der Waals surface area contributed by atoms with E-state index in [0.29, 0.717) is 11.8 Å². The summed E-state index contributed by atoms with van der Waals surface area (Å²) in [5, 5.41) is 12.7. The highest BCUT2D eigenvalue weighted by Crippen LogP contribution is 2.11. The number of nitrogens with one attached hydrogen (secondary N) is 1. The van der Waals surface area contributed by atoms with E-state index in [1.165, 1.54) is 5.56 Å². The first-order valence-electron chi connectivity index (χ1n) is 6.12. The standard InChI is InChI=1S/C14H19N3O/c1-11(9-12-3-5-13(18)6-4-12)16-10-14-15-7-8-17(14)2/h3-8,11,16,18H,9-10H2,1-2H3. The third-order valence-electron chi connectivity index (χ3n) is 3.01. The molecule has 0 fully saturated rings. The van der Waals surface area contributed by atoms with Crippen molar-refractivity contribution in [2.45, 2.75) is 25.9 Å². The van der Waals surface area contributed by atoms with Crippen molar-refractivity contribution in [1.29, 1.82) is 0 Å². The molecule has 4 heteroatoms. The molecule has 0 aliphatic carbocycles. The van der Waals surface area contributed by atoms with E-state index in [1.54, 1.807) is 12.1 Å². The maximum absolute atomic E-state index is 9.22. The van der Waals surface area contributed by atoms with Crippen LogP contribution in [0.4, 0.5) is 0 Å². The van der Waals surface area contributed by atoms with Crippen LogP contribution in [0.2, 0.25) is 0 Å². The lowest BCUT2D eigenvalue weighted by Crippen LogP contribution is -2.28. The van der Waals surface area contributed by atoms with Gasteiger partial charge in [-0.05, 0) is 31.0 Å². The molecule has 2 N–H and O–H groups in total. The Balaban J connectivity index is 1.83. The van der Waals surface area contributed by atoms with Crippen molar-refractivity contribution >= 4 is 0 Å². The monoisotopic (exact) mass is 245 g/mol. The van der Waals surface area contributed by atoms with Crippen molar-refractivity contribution in [3.8, 4) is 5.75 Å². The summed E-state index contributed by atoms with van der Waals surface area (Å²) in [6, 6.07) is 7.72. The van der Waals surface area contributed by atoms with Crippen LogP contribution in [-0.2, 0) is 20.0 Å². The Morgan fingerprint density at radius 3 is 2.67 bits per heavy atom. The van der Waals surface area contributed by atoms with Crippen LogP contribution >= 0.6 is 0 Å². The van der Waals surface area contributed by atoms with Crippen LogP contribution < -0.4 is 5.32 Å². The maximum Gasteiger partial charge on any atom is 0.122 e. The van der Waals surface area contributed by atoms with E-state index >= 15 is 0 Å². The molecule has 96 valence electrons. The first-order valence-corrected chi connectivity index (χ1v) is 6.12. The van der Waals surface area contributed by atoms with Gasteiger partial charge in [0.2, 0.25) is 0 Å². The van der Waals surface area contributed by atoms with Crippen molar-refractivity contribution in [2.75, 3.05) is 0 Å². The number of hydrogen-bond acceptors (Lipinski definition) is 3. The number of imidazole rings is 1. The molecule has 1 heterocycles. The van der Waals surface area contributed by atoms with Gasteiger partial charge >= 0.3 is 0 Å². The fraction of sp³-hybridized carbons (Fsp3) is 0.357. The zero-order valence-electron chi connectivity index (χ0n) is 10.8. The van der Waals surface area contributed by atoms with Crippen LogP contribution in [0, 0.1) is 0 Å². The molecular formula is C14H19N3O. The molecule has 0 spiro atoms. The highest BCUT2D eigenvalue weighted by Gasteiger charge is 2.05. The molecule has 1 unspecified atom stereocenters. The fourth-order valence-electron chi connectivity index (χ4n) is 1.89. The van der Waals surface area contributed by atoms with Crippen LogP contribution in [0.25, 0.3) is 0 Å². The number of aromatic nitrogens is 2. The number of hydrogen-bond donors (Lipinski definition) is 2. The van der Waals surface area contributed by atoms with Gasteiger partial charge in [-0.1, -0.05) is 12.1 Å². The zero-order chi connectivity index (χ0) is 13.0. The second-order valence-electron chi connectivity index (χ2n) is 4.61. The van der Waals surface area contributed by atoms with Gasteiger partial charge in [-0.2, -0.15) is 0 Å². The fourth-order valence-corrected chi connectivity index (χ4v) is 1.89. The van der Waals surface area contributed by atoms with Gasteiger partial charge in [-0.25, -0.2) is 4.98 Å². The second-order valence-corrected chi connectivity index (χ2v) is 4.61. The summed E-state index contributed by atoms with van der Waals surface area (Å²) in [5.41, 5.74) is 1.22. The largest absolute Gasteiger partial charge is 0.508 e. The van der Waals surface area contributed by atoms with E-state index in [-0.39, 0.29) is 0 Å². The van der Waals surface area contributed by atoms with E-state index in [2.05, 4.69) is 17.2 Å². The van der Waals surface area contributed by atoms with Crippen molar-refractivity contribution < 1.29 is 5.11 Å². The lowest BCUT2D eigenvalue weighted by atomic mass is 10.1. The Labute approximate surface area is 107 Å². The lowest BCUT2D eigenvalue weighted by molar-refractivity contribution is 0.474. The molecule has 0 aliphatic heterocycles. The molecule has 0 amide bonds. The van der Waals surface area contributed by atoms with E-state index in [1.807, 2.05) is 36.1 Å². The maximum atomic E-state index is 9.22. The molecule has 1 atom stereocenters. The predicted octanol–water partition coefficient (Wildman–Crippen LogP) is 1.85. The van der Waals surface area contributed by atoms with Gasteiger partial charge in [0.25, 0.3) is 0 Å². The van der Waals surface area contributed by atoms with Gasteiger partial charge in [-0.15, -0.1) is 0 Å². The van der Waals surface area contributed by atoms with Crippen LogP contribution in [0.5, 0.6) is 5.75 Å². The summed E-state index contributed by atoms with van der Waals surface area (Å²) in [6.45, 7) is 2.92. The molecule has 1 aromatic carbocycles. The summed E-state index contributed by atoms with van der Waals surface area (Å²) in [5.74, 6) is 1.35. The highest BCUT2D eigenvalue weighted by molar-refractivity contribution is 5.26. The van der Waals surface area contributed by atoms with Gasteiger partial charge in [0, 0.05) is 25.5 Å². The van der Waals surface area contributed by atoms with Crippen LogP contribution in [-0.4, -0.2) is 20.7 Å². The molecule has 0 saturated heterocycles. The van der Waals surface area contributed by atoms with Crippen molar-refractivity contribution in [3.05, 3.63) is 48.0 Å². The first kappa shape index (κ1) is 12.6. The molecule has 2 rings (SSSR count).